The molecule has 0 unspecified atom stereocenters. The normalized spacial score (nSPS) is 11.8. The van der Waals surface area contributed by atoms with Gasteiger partial charge in [-0.1, -0.05) is 75.4 Å². The fraction of sp³-hybridized carbons (Fsp3) is 0.174. The van der Waals surface area contributed by atoms with Crippen molar-refractivity contribution in [2.45, 2.75) is 26.2 Å². The van der Waals surface area contributed by atoms with E-state index in [1.54, 1.807) is 0 Å². The molecule has 0 bridgehead atoms. The zero-order valence-corrected chi connectivity index (χ0v) is 14.8. The molecule has 1 aromatic heterocycles. The molecule has 0 saturated heterocycles. The van der Waals surface area contributed by atoms with Gasteiger partial charge in [-0.25, -0.2) is 4.98 Å². The summed E-state index contributed by atoms with van der Waals surface area (Å²) in [6.45, 7) is 6.60. The number of nitrogens with zero attached hydrogens (tertiary/aromatic N) is 1. The summed E-state index contributed by atoms with van der Waals surface area (Å²) in [7, 11) is 0. The van der Waals surface area contributed by atoms with Crippen LogP contribution in [0, 0.1) is 0 Å². The zero-order valence-electron chi connectivity index (χ0n) is 14.8. The van der Waals surface area contributed by atoms with Gasteiger partial charge in [0.25, 0.3) is 0 Å². The van der Waals surface area contributed by atoms with E-state index in [0.717, 1.165) is 22.2 Å². The summed E-state index contributed by atoms with van der Waals surface area (Å²) >= 11 is 0. The van der Waals surface area contributed by atoms with Crippen LogP contribution in [0.5, 0.6) is 0 Å². The quantitative estimate of drug-likeness (QED) is 0.422. The molecule has 0 saturated carbocycles. The average Bonchev–Trinajstić information content (AvgIpc) is 3.06. The van der Waals surface area contributed by atoms with E-state index in [9.17, 15) is 0 Å². The minimum Gasteiger partial charge on any atom is -0.436 e. The summed E-state index contributed by atoms with van der Waals surface area (Å²) in [5.41, 5.74) is 6.38. The predicted molar refractivity (Wildman–Crippen MR) is 104 cm³/mol. The second kappa shape index (κ2) is 5.89. The maximum absolute atomic E-state index is 6.07. The smallest absolute Gasteiger partial charge is 0.227 e. The molecule has 25 heavy (non-hydrogen) atoms. The highest BCUT2D eigenvalue weighted by molar-refractivity contribution is 5.81. The SMILES string of the molecule is CC(C)(C)c1cccc2oc(-c3cccc(-c4ccccc4)c3)nc12. The number of aromatic nitrogens is 1. The first-order chi connectivity index (χ1) is 12.0. The van der Waals surface area contributed by atoms with Crippen LogP contribution in [0.1, 0.15) is 26.3 Å². The summed E-state index contributed by atoms with van der Waals surface area (Å²) < 4.78 is 6.07. The number of oxazole rings is 1. The Labute approximate surface area is 148 Å². The van der Waals surface area contributed by atoms with E-state index in [2.05, 4.69) is 69.3 Å². The van der Waals surface area contributed by atoms with Crippen molar-refractivity contribution in [3.63, 3.8) is 0 Å². The minimum absolute atomic E-state index is 0.0273. The van der Waals surface area contributed by atoms with E-state index in [1.807, 2.05) is 24.3 Å². The van der Waals surface area contributed by atoms with Crippen LogP contribution in [0.4, 0.5) is 0 Å². The van der Waals surface area contributed by atoms with Crippen molar-refractivity contribution < 1.29 is 4.42 Å². The van der Waals surface area contributed by atoms with Crippen LogP contribution in [0.15, 0.2) is 77.2 Å². The molecule has 124 valence electrons. The van der Waals surface area contributed by atoms with E-state index < -0.39 is 0 Å². The van der Waals surface area contributed by atoms with Gasteiger partial charge < -0.3 is 4.42 Å². The molecule has 2 heteroatoms. The number of rotatable bonds is 2. The summed E-state index contributed by atoms with van der Waals surface area (Å²) in [6.07, 6.45) is 0. The summed E-state index contributed by atoms with van der Waals surface area (Å²) in [6, 6.07) is 24.9. The predicted octanol–water partition coefficient (Wildman–Crippen LogP) is 6.46. The van der Waals surface area contributed by atoms with E-state index in [-0.39, 0.29) is 5.41 Å². The summed E-state index contributed by atoms with van der Waals surface area (Å²) in [5, 5.41) is 0. The van der Waals surface area contributed by atoms with Gasteiger partial charge >= 0.3 is 0 Å². The third-order valence-electron chi connectivity index (χ3n) is 4.44. The van der Waals surface area contributed by atoms with Crippen molar-refractivity contribution in [1.29, 1.82) is 0 Å². The largest absolute Gasteiger partial charge is 0.436 e. The van der Waals surface area contributed by atoms with Crippen molar-refractivity contribution >= 4 is 11.1 Å². The molecule has 4 rings (SSSR count). The van der Waals surface area contributed by atoms with Crippen molar-refractivity contribution in [3.05, 3.63) is 78.4 Å². The van der Waals surface area contributed by atoms with Crippen molar-refractivity contribution in [2.24, 2.45) is 0 Å². The molecule has 4 aromatic rings. The molecule has 0 fully saturated rings. The van der Waals surface area contributed by atoms with Crippen LogP contribution >= 0.6 is 0 Å². The van der Waals surface area contributed by atoms with Gasteiger partial charge in [0, 0.05) is 5.56 Å². The lowest BCUT2D eigenvalue weighted by Crippen LogP contribution is -2.11. The lowest BCUT2D eigenvalue weighted by molar-refractivity contribution is 0.593. The molecular weight excluding hydrogens is 306 g/mol. The summed E-state index contributed by atoms with van der Waals surface area (Å²) in [4.78, 5) is 4.82. The second-order valence-corrected chi connectivity index (χ2v) is 7.37. The maximum atomic E-state index is 6.07. The molecule has 2 nitrogen and oxygen atoms in total. The van der Waals surface area contributed by atoms with Crippen molar-refractivity contribution in [1.82, 2.24) is 4.98 Å². The van der Waals surface area contributed by atoms with E-state index in [0.29, 0.717) is 5.89 Å². The molecule has 1 heterocycles. The standard InChI is InChI=1S/C23H21NO/c1-23(2,3)19-13-8-14-20-21(19)24-22(25-20)18-12-7-11-17(15-18)16-9-5-4-6-10-16/h4-15H,1-3H3. The third-order valence-corrected chi connectivity index (χ3v) is 4.44. The average molecular weight is 327 g/mol. The Kier molecular flexibility index (Phi) is 3.69. The Balaban J connectivity index is 1.83. The van der Waals surface area contributed by atoms with E-state index in [1.165, 1.54) is 11.1 Å². The minimum atomic E-state index is 0.0273. The molecule has 0 aliphatic heterocycles. The Morgan fingerprint density at radius 3 is 2.16 bits per heavy atom. The number of benzene rings is 3. The van der Waals surface area contributed by atoms with Crippen LogP contribution in [0.2, 0.25) is 0 Å². The molecule has 0 aliphatic rings. The molecule has 0 amide bonds. The van der Waals surface area contributed by atoms with Gasteiger partial charge in [0.2, 0.25) is 5.89 Å². The maximum Gasteiger partial charge on any atom is 0.227 e. The zero-order chi connectivity index (χ0) is 17.4. The van der Waals surface area contributed by atoms with Gasteiger partial charge in [-0.15, -0.1) is 0 Å². The first-order valence-electron chi connectivity index (χ1n) is 8.58. The molecule has 0 spiro atoms. The molecule has 0 atom stereocenters. The Morgan fingerprint density at radius 2 is 1.40 bits per heavy atom. The topological polar surface area (TPSA) is 26.0 Å². The Morgan fingerprint density at radius 1 is 0.720 bits per heavy atom. The highest BCUT2D eigenvalue weighted by Gasteiger charge is 2.20. The number of para-hydroxylation sites is 1. The van der Waals surface area contributed by atoms with Gasteiger partial charge in [-0.2, -0.15) is 0 Å². The van der Waals surface area contributed by atoms with Crippen LogP contribution in [0.3, 0.4) is 0 Å². The molecule has 0 radical (unpaired) electrons. The molecule has 3 aromatic carbocycles. The third kappa shape index (κ3) is 2.96. The van der Waals surface area contributed by atoms with Gasteiger partial charge in [-0.3, -0.25) is 0 Å². The van der Waals surface area contributed by atoms with Crippen LogP contribution < -0.4 is 0 Å². The van der Waals surface area contributed by atoms with Gasteiger partial charge in [-0.05, 0) is 40.3 Å². The van der Waals surface area contributed by atoms with Gasteiger partial charge in [0.1, 0.15) is 5.52 Å². The second-order valence-electron chi connectivity index (χ2n) is 7.37. The monoisotopic (exact) mass is 327 g/mol. The molecule has 0 N–H and O–H groups in total. The van der Waals surface area contributed by atoms with Crippen LogP contribution in [-0.2, 0) is 5.41 Å². The fourth-order valence-corrected chi connectivity index (χ4v) is 3.14. The lowest BCUT2D eigenvalue weighted by Gasteiger charge is -2.18. The van der Waals surface area contributed by atoms with E-state index >= 15 is 0 Å². The van der Waals surface area contributed by atoms with Gasteiger partial charge in [0.15, 0.2) is 5.58 Å². The lowest BCUT2D eigenvalue weighted by atomic mass is 9.86. The first-order valence-corrected chi connectivity index (χ1v) is 8.58. The fourth-order valence-electron chi connectivity index (χ4n) is 3.14. The van der Waals surface area contributed by atoms with Gasteiger partial charge in [0.05, 0.1) is 0 Å². The highest BCUT2D eigenvalue weighted by Crippen LogP contribution is 2.33. The molecular formula is C23H21NO. The molecule has 0 aliphatic carbocycles. The van der Waals surface area contributed by atoms with E-state index in [4.69, 9.17) is 9.40 Å². The highest BCUT2D eigenvalue weighted by atomic mass is 16.3. The summed E-state index contributed by atoms with van der Waals surface area (Å²) in [5.74, 6) is 0.671. The van der Waals surface area contributed by atoms with Crippen molar-refractivity contribution in [2.75, 3.05) is 0 Å². The number of hydrogen-bond donors (Lipinski definition) is 0. The first kappa shape index (κ1) is 15.6. The number of hydrogen-bond acceptors (Lipinski definition) is 2. The van der Waals surface area contributed by atoms with Crippen LogP contribution in [-0.4, -0.2) is 4.98 Å². The van der Waals surface area contributed by atoms with Crippen LogP contribution in [0.25, 0.3) is 33.7 Å². The Hall–Kier alpha value is -2.87. The Bertz CT molecular complexity index is 1020. The van der Waals surface area contributed by atoms with Crippen molar-refractivity contribution in [3.8, 4) is 22.6 Å². The number of fused-ring (bicyclic) bond motifs is 1.